The lowest BCUT2D eigenvalue weighted by Gasteiger charge is -2.13. The van der Waals surface area contributed by atoms with Crippen molar-refractivity contribution in [2.45, 2.75) is 23.6 Å². The lowest BCUT2D eigenvalue weighted by atomic mass is 10.2. The molecule has 0 N–H and O–H groups in total. The minimum absolute atomic E-state index is 0.129. The van der Waals surface area contributed by atoms with Crippen molar-refractivity contribution in [1.82, 2.24) is 0 Å². The van der Waals surface area contributed by atoms with E-state index in [-0.39, 0.29) is 10.8 Å². The van der Waals surface area contributed by atoms with E-state index >= 15 is 0 Å². The molecule has 0 aliphatic carbocycles. The Kier molecular flexibility index (Phi) is 7.59. The zero-order valence-electron chi connectivity index (χ0n) is 17.5. The van der Waals surface area contributed by atoms with Gasteiger partial charge in [0.25, 0.3) is 4.38 Å². The molecule has 2 aromatic carbocycles. The van der Waals surface area contributed by atoms with Gasteiger partial charge in [0, 0.05) is 23.7 Å². The number of benzene rings is 2. The molecule has 0 saturated carbocycles. The van der Waals surface area contributed by atoms with E-state index in [1.807, 2.05) is 43.9 Å². The summed E-state index contributed by atoms with van der Waals surface area (Å²) in [6.07, 6.45) is 2.02. The van der Waals surface area contributed by atoms with Gasteiger partial charge in [-0.25, -0.2) is 13.2 Å². The van der Waals surface area contributed by atoms with Crippen LogP contribution in [0.25, 0.3) is 0 Å². The number of para-hydroxylation sites is 1. The molecule has 0 aromatic heterocycles. The van der Waals surface area contributed by atoms with Gasteiger partial charge in [0.1, 0.15) is 15.1 Å². The molecule has 2 aliphatic rings. The Bertz CT molecular complexity index is 1170. The number of carbonyl (C=O) groups excluding carboxylic acids is 1. The zero-order valence-corrected chi connectivity index (χ0v) is 20.8. The van der Waals surface area contributed by atoms with Crippen LogP contribution in [0.2, 0.25) is 0 Å². The summed E-state index contributed by atoms with van der Waals surface area (Å²) in [5.41, 5.74) is 2.10. The number of carbonyl (C=O) groups is 1. The van der Waals surface area contributed by atoms with Crippen LogP contribution in [-0.4, -0.2) is 47.7 Å². The molecule has 10 heteroatoms. The first kappa shape index (κ1) is 23.9. The van der Waals surface area contributed by atoms with E-state index in [0.717, 1.165) is 26.4 Å². The van der Waals surface area contributed by atoms with Crippen molar-refractivity contribution >= 4 is 61.4 Å². The van der Waals surface area contributed by atoms with Crippen molar-refractivity contribution < 1.29 is 22.3 Å². The number of aryl methyl sites for hydroxylation is 1. The Morgan fingerprint density at radius 2 is 1.74 bits per heavy atom. The van der Waals surface area contributed by atoms with Gasteiger partial charge < -0.3 is 9.45 Å². The molecular formula is C21H22N2O4S4. The molecule has 0 fully saturated rings. The maximum Gasteiger partial charge on any atom is 0.430 e. The van der Waals surface area contributed by atoms with Gasteiger partial charge in [0.05, 0.1) is 10.6 Å². The maximum atomic E-state index is 12.6. The highest BCUT2D eigenvalue weighted by Crippen LogP contribution is 2.49. The van der Waals surface area contributed by atoms with Crippen molar-refractivity contribution in [2.75, 3.05) is 24.7 Å². The number of hydrogen-bond acceptors (Lipinski definition) is 8. The number of hydrogen-bond donors (Lipinski definition) is 0. The van der Waals surface area contributed by atoms with Crippen LogP contribution in [0.5, 0.6) is 0 Å². The third-order valence-corrected chi connectivity index (χ3v) is 9.08. The molecule has 164 valence electrons. The Labute approximate surface area is 195 Å². The number of likely N-dealkylation sites (N-methyl/N-ethyl adjacent to an activating group) is 1. The van der Waals surface area contributed by atoms with Crippen LogP contribution in [0, 0.1) is 6.92 Å². The predicted molar refractivity (Wildman–Crippen MR) is 129 cm³/mol. The number of nitrogens with zero attached hydrogens (tertiary/aromatic N) is 2. The van der Waals surface area contributed by atoms with Gasteiger partial charge in [-0.15, -0.1) is 4.58 Å². The van der Waals surface area contributed by atoms with Crippen LogP contribution >= 0.6 is 35.3 Å². The van der Waals surface area contributed by atoms with Crippen LogP contribution in [-0.2, 0) is 14.9 Å². The van der Waals surface area contributed by atoms with E-state index in [0.29, 0.717) is 0 Å². The monoisotopic (exact) mass is 494 g/mol. The second-order valence-electron chi connectivity index (χ2n) is 6.65. The summed E-state index contributed by atoms with van der Waals surface area (Å²) >= 11 is 4.92. The van der Waals surface area contributed by atoms with Crippen LogP contribution in [0.1, 0.15) is 12.5 Å². The van der Waals surface area contributed by atoms with E-state index in [2.05, 4.69) is 17.0 Å². The van der Waals surface area contributed by atoms with Crippen LogP contribution in [0.3, 0.4) is 0 Å². The summed E-state index contributed by atoms with van der Waals surface area (Å²) in [7, 11) is -2.24. The lowest BCUT2D eigenvalue weighted by Crippen LogP contribution is -2.21. The van der Waals surface area contributed by atoms with Gasteiger partial charge in [-0.1, -0.05) is 53.4 Å². The third-order valence-electron chi connectivity index (χ3n) is 4.58. The molecular weight excluding hydrogens is 473 g/mol. The standard InChI is InChI=1S/C14H15N2OS3.C7H8O3S/c1-4-16-12(17)11(20-14(16)18-3)13-15(2)9-7-5-6-8-10(9)19-13;1-6-2-4-7(5-3-6)11(8,9)10/h5-8H,4H2,1-3H3;2-5H,1H3,(H,8,9,10)/q+1;/p-1/b13-11-;. The predicted octanol–water partition coefficient (Wildman–Crippen LogP) is 4.32. The summed E-state index contributed by atoms with van der Waals surface area (Å²) in [6.45, 7) is 4.56. The number of amides is 1. The first-order chi connectivity index (χ1) is 14.7. The second kappa shape index (κ2) is 9.83. The van der Waals surface area contributed by atoms with Crippen LogP contribution in [0.4, 0.5) is 5.69 Å². The van der Waals surface area contributed by atoms with Gasteiger partial charge >= 0.3 is 5.91 Å². The average molecular weight is 495 g/mol. The molecule has 0 atom stereocenters. The molecule has 2 heterocycles. The van der Waals surface area contributed by atoms with E-state index in [1.165, 1.54) is 22.7 Å². The minimum atomic E-state index is -4.27. The highest BCUT2D eigenvalue weighted by Gasteiger charge is 2.41. The van der Waals surface area contributed by atoms with E-state index < -0.39 is 10.1 Å². The second-order valence-corrected chi connectivity index (χ2v) is 11.1. The fraction of sp³-hybridized carbons (Fsp3) is 0.238. The summed E-state index contributed by atoms with van der Waals surface area (Å²) in [6, 6.07) is 14.0. The molecule has 1 amide bonds. The number of anilines is 1. The van der Waals surface area contributed by atoms with Crippen LogP contribution in [0.15, 0.2) is 68.3 Å². The summed E-state index contributed by atoms with van der Waals surface area (Å²) in [5, 5.41) is 1.05. The average Bonchev–Trinajstić information content (AvgIpc) is 3.24. The fourth-order valence-electron chi connectivity index (χ4n) is 2.96. The molecule has 2 aromatic rings. The molecule has 2 aliphatic heterocycles. The molecule has 6 nitrogen and oxygen atoms in total. The highest BCUT2D eigenvalue weighted by molar-refractivity contribution is 8.40. The van der Waals surface area contributed by atoms with Crippen molar-refractivity contribution in [3.63, 3.8) is 0 Å². The Balaban J connectivity index is 0.000000210. The van der Waals surface area contributed by atoms with E-state index in [1.54, 1.807) is 47.4 Å². The number of fused-ring (bicyclic) bond motifs is 1. The smallest absolute Gasteiger partial charge is 0.430 e. The normalized spacial score (nSPS) is 18.2. The van der Waals surface area contributed by atoms with Crippen molar-refractivity contribution in [3.05, 3.63) is 64.0 Å². The van der Waals surface area contributed by atoms with Gasteiger partial charge in [-0.05, 0) is 44.4 Å². The SMILES string of the molecule is CC[N+]1=C(SC)S/C(=C2\Sc3ccccc3N2C)C1=O.Cc1ccc(S(=O)(=O)[O-])cc1. The Morgan fingerprint density at radius 1 is 1.10 bits per heavy atom. The first-order valence-electron chi connectivity index (χ1n) is 9.35. The number of rotatable bonds is 2. The summed E-state index contributed by atoms with van der Waals surface area (Å²) < 4.78 is 34.1. The molecule has 0 spiro atoms. The van der Waals surface area contributed by atoms with Crippen molar-refractivity contribution in [1.29, 1.82) is 0 Å². The van der Waals surface area contributed by atoms with Crippen LogP contribution < -0.4 is 4.90 Å². The maximum absolute atomic E-state index is 12.6. The molecule has 0 radical (unpaired) electrons. The lowest BCUT2D eigenvalue weighted by molar-refractivity contribution is -0.433. The molecule has 0 bridgehead atoms. The van der Waals surface area contributed by atoms with E-state index in [4.69, 9.17) is 0 Å². The molecule has 0 unspecified atom stereocenters. The first-order valence-corrected chi connectivity index (χ1v) is 13.6. The summed E-state index contributed by atoms with van der Waals surface area (Å²) in [4.78, 5) is 16.6. The molecule has 4 rings (SSSR count). The van der Waals surface area contributed by atoms with Gasteiger partial charge in [-0.2, -0.15) is 0 Å². The van der Waals surface area contributed by atoms with E-state index in [9.17, 15) is 17.8 Å². The van der Waals surface area contributed by atoms with Gasteiger partial charge in [0.15, 0.2) is 11.4 Å². The molecule has 0 saturated heterocycles. The Morgan fingerprint density at radius 3 is 2.26 bits per heavy atom. The number of thioether (sulfide) groups is 3. The summed E-state index contributed by atoms with van der Waals surface area (Å²) in [5.74, 6) is 0.129. The van der Waals surface area contributed by atoms with Crippen molar-refractivity contribution in [2.24, 2.45) is 0 Å². The largest absolute Gasteiger partial charge is 0.744 e. The van der Waals surface area contributed by atoms with Gasteiger partial charge in [0.2, 0.25) is 0 Å². The molecule has 31 heavy (non-hydrogen) atoms. The zero-order chi connectivity index (χ0) is 22.8. The van der Waals surface area contributed by atoms with Crippen molar-refractivity contribution in [3.8, 4) is 0 Å². The highest BCUT2D eigenvalue weighted by atomic mass is 32.2. The Hall–Kier alpha value is -1.72. The topological polar surface area (TPSA) is 80.5 Å². The minimum Gasteiger partial charge on any atom is -0.744 e. The van der Waals surface area contributed by atoms with Gasteiger partial charge in [-0.3, -0.25) is 0 Å². The third kappa shape index (κ3) is 5.20. The fourth-order valence-corrected chi connectivity index (χ4v) is 6.69. The quantitative estimate of drug-likeness (QED) is 0.347.